The molecule has 0 radical (unpaired) electrons. The molecule has 0 amide bonds. The number of thioether (sulfide) groups is 1. The second-order valence-corrected chi connectivity index (χ2v) is 6.60. The molecule has 0 aromatic heterocycles. The van der Waals surface area contributed by atoms with Crippen molar-refractivity contribution in [3.05, 3.63) is 0 Å². The lowest BCUT2D eigenvalue weighted by Gasteiger charge is -2.31. The lowest BCUT2D eigenvalue weighted by atomic mass is 9.87. The predicted octanol–water partition coefficient (Wildman–Crippen LogP) is 3.58. The van der Waals surface area contributed by atoms with Gasteiger partial charge in [-0.2, -0.15) is 11.8 Å². The molecule has 2 aliphatic rings. The molecule has 2 heteroatoms. The van der Waals surface area contributed by atoms with Gasteiger partial charge in [0.2, 0.25) is 0 Å². The van der Waals surface area contributed by atoms with Crippen LogP contribution in [0.4, 0.5) is 0 Å². The molecule has 15 heavy (non-hydrogen) atoms. The molecule has 2 rings (SSSR count). The van der Waals surface area contributed by atoms with E-state index in [0.717, 1.165) is 5.25 Å². The van der Waals surface area contributed by atoms with Gasteiger partial charge in [0, 0.05) is 10.8 Å². The van der Waals surface area contributed by atoms with E-state index >= 15 is 0 Å². The Bertz CT molecular complexity index is 181. The van der Waals surface area contributed by atoms with Crippen molar-refractivity contribution in [1.82, 2.24) is 5.32 Å². The number of nitrogens with one attached hydrogen (secondary N) is 1. The average Bonchev–Trinajstić information content (AvgIpc) is 2.77. The standard InChI is InChI=1S/C13H25NS/c1-2-13(8-5-10-14-13)9-7-12-6-3-4-11-15-12/h12,14H,2-11H2,1H3. The van der Waals surface area contributed by atoms with Crippen molar-refractivity contribution in [2.45, 2.75) is 69.1 Å². The van der Waals surface area contributed by atoms with Crippen LogP contribution in [0.5, 0.6) is 0 Å². The zero-order valence-electron chi connectivity index (χ0n) is 10.1. The topological polar surface area (TPSA) is 12.0 Å². The van der Waals surface area contributed by atoms with Crippen molar-refractivity contribution in [2.24, 2.45) is 0 Å². The first kappa shape index (κ1) is 11.8. The van der Waals surface area contributed by atoms with E-state index in [4.69, 9.17) is 0 Å². The van der Waals surface area contributed by atoms with Crippen LogP contribution in [-0.2, 0) is 0 Å². The summed E-state index contributed by atoms with van der Waals surface area (Å²) < 4.78 is 0. The third kappa shape index (κ3) is 3.13. The molecule has 0 spiro atoms. The molecular weight excluding hydrogens is 202 g/mol. The van der Waals surface area contributed by atoms with Crippen LogP contribution in [0.25, 0.3) is 0 Å². The summed E-state index contributed by atoms with van der Waals surface area (Å²) in [7, 11) is 0. The van der Waals surface area contributed by atoms with Crippen LogP contribution in [0.2, 0.25) is 0 Å². The van der Waals surface area contributed by atoms with Gasteiger partial charge in [-0.1, -0.05) is 13.3 Å². The molecule has 2 unspecified atom stereocenters. The van der Waals surface area contributed by atoms with E-state index < -0.39 is 0 Å². The lowest BCUT2D eigenvalue weighted by molar-refractivity contribution is 0.323. The monoisotopic (exact) mass is 227 g/mol. The highest BCUT2D eigenvalue weighted by Crippen LogP contribution is 2.34. The molecule has 0 aliphatic carbocycles. The van der Waals surface area contributed by atoms with Crippen molar-refractivity contribution in [3.8, 4) is 0 Å². The molecule has 0 aromatic rings. The molecule has 88 valence electrons. The maximum atomic E-state index is 3.75. The Morgan fingerprint density at radius 1 is 1.33 bits per heavy atom. The van der Waals surface area contributed by atoms with E-state index in [1.54, 1.807) is 0 Å². The van der Waals surface area contributed by atoms with Gasteiger partial charge in [0.15, 0.2) is 0 Å². The molecule has 1 N–H and O–H groups in total. The molecule has 0 bridgehead atoms. The Balaban J connectivity index is 1.75. The second-order valence-electron chi connectivity index (χ2n) is 5.19. The van der Waals surface area contributed by atoms with E-state index in [-0.39, 0.29) is 0 Å². The Labute approximate surface area is 98.8 Å². The fourth-order valence-electron chi connectivity index (χ4n) is 3.03. The molecule has 0 aromatic carbocycles. The smallest absolute Gasteiger partial charge is 0.0179 e. The first-order valence-corrected chi connectivity index (χ1v) is 7.76. The van der Waals surface area contributed by atoms with Crippen LogP contribution in [0.1, 0.15) is 58.3 Å². The third-order valence-corrected chi connectivity index (χ3v) is 5.69. The molecule has 2 atom stereocenters. The first-order chi connectivity index (χ1) is 7.35. The van der Waals surface area contributed by atoms with Crippen LogP contribution in [0.15, 0.2) is 0 Å². The van der Waals surface area contributed by atoms with Crippen molar-refractivity contribution in [2.75, 3.05) is 12.3 Å². The molecule has 2 fully saturated rings. The number of hydrogen-bond acceptors (Lipinski definition) is 2. The zero-order valence-corrected chi connectivity index (χ0v) is 10.9. The molecule has 2 aliphatic heterocycles. The van der Waals surface area contributed by atoms with Crippen LogP contribution < -0.4 is 5.32 Å². The summed E-state index contributed by atoms with van der Waals surface area (Å²) in [5.74, 6) is 1.41. The summed E-state index contributed by atoms with van der Waals surface area (Å²) in [5, 5.41) is 4.73. The summed E-state index contributed by atoms with van der Waals surface area (Å²) in [6.07, 6.45) is 11.4. The Hall–Kier alpha value is 0.310. The summed E-state index contributed by atoms with van der Waals surface area (Å²) in [4.78, 5) is 0. The minimum Gasteiger partial charge on any atom is -0.311 e. The highest BCUT2D eigenvalue weighted by Gasteiger charge is 2.31. The van der Waals surface area contributed by atoms with Crippen LogP contribution in [-0.4, -0.2) is 23.1 Å². The Morgan fingerprint density at radius 3 is 2.87 bits per heavy atom. The average molecular weight is 227 g/mol. The third-order valence-electron chi connectivity index (χ3n) is 4.23. The summed E-state index contributed by atoms with van der Waals surface area (Å²) in [6.45, 7) is 3.61. The van der Waals surface area contributed by atoms with Gasteiger partial charge < -0.3 is 5.32 Å². The van der Waals surface area contributed by atoms with E-state index in [2.05, 4.69) is 24.0 Å². The second kappa shape index (κ2) is 5.58. The van der Waals surface area contributed by atoms with Crippen LogP contribution in [0, 0.1) is 0 Å². The fourth-order valence-corrected chi connectivity index (χ4v) is 4.35. The summed E-state index contributed by atoms with van der Waals surface area (Å²) in [5.41, 5.74) is 0.526. The zero-order chi connectivity index (χ0) is 10.6. The van der Waals surface area contributed by atoms with Gasteiger partial charge in [0.1, 0.15) is 0 Å². The lowest BCUT2D eigenvalue weighted by Crippen LogP contribution is -2.39. The van der Waals surface area contributed by atoms with Crippen molar-refractivity contribution >= 4 is 11.8 Å². The summed E-state index contributed by atoms with van der Waals surface area (Å²) >= 11 is 2.23. The Morgan fingerprint density at radius 2 is 2.27 bits per heavy atom. The van der Waals surface area contributed by atoms with Gasteiger partial charge >= 0.3 is 0 Å². The Kier molecular flexibility index (Phi) is 4.39. The van der Waals surface area contributed by atoms with Gasteiger partial charge in [-0.3, -0.25) is 0 Å². The van der Waals surface area contributed by atoms with Gasteiger partial charge in [-0.25, -0.2) is 0 Å². The highest BCUT2D eigenvalue weighted by atomic mass is 32.2. The van der Waals surface area contributed by atoms with Crippen LogP contribution in [0.3, 0.4) is 0 Å². The van der Waals surface area contributed by atoms with Crippen molar-refractivity contribution in [1.29, 1.82) is 0 Å². The number of hydrogen-bond donors (Lipinski definition) is 1. The molecule has 1 nitrogen and oxygen atoms in total. The van der Waals surface area contributed by atoms with Gasteiger partial charge in [-0.05, 0) is 57.2 Å². The van der Waals surface area contributed by atoms with E-state index in [1.165, 1.54) is 63.7 Å². The minimum absolute atomic E-state index is 0.526. The predicted molar refractivity (Wildman–Crippen MR) is 69.6 cm³/mol. The first-order valence-electron chi connectivity index (χ1n) is 6.71. The van der Waals surface area contributed by atoms with Crippen molar-refractivity contribution < 1.29 is 0 Å². The largest absolute Gasteiger partial charge is 0.311 e. The molecule has 2 heterocycles. The van der Waals surface area contributed by atoms with E-state index in [1.807, 2.05) is 0 Å². The van der Waals surface area contributed by atoms with E-state index in [0.29, 0.717) is 5.54 Å². The quantitative estimate of drug-likeness (QED) is 0.788. The van der Waals surface area contributed by atoms with E-state index in [9.17, 15) is 0 Å². The number of rotatable bonds is 4. The minimum atomic E-state index is 0.526. The molecular formula is C13H25NS. The maximum Gasteiger partial charge on any atom is 0.0179 e. The van der Waals surface area contributed by atoms with Gasteiger partial charge in [0.25, 0.3) is 0 Å². The van der Waals surface area contributed by atoms with Crippen LogP contribution >= 0.6 is 11.8 Å². The normalized spacial score (nSPS) is 37.0. The van der Waals surface area contributed by atoms with Gasteiger partial charge in [-0.15, -0.1) is 0 Å². The maximum absolute atomic E-state index is 3.75. The summed E-state index contributed by atoms with van der Waals surface area (Å²) in [6, 6.07) is 0. The molecule has 2 saturated heterocycles. The SMILES string of the molecule is CCC1(CCC2CCCCS2)CCCN1. The fraction of sp³-hybridized carbons (Fsp3) is 1.00. The highest BCUT2D eigenvalue weighted by molar-refractivity contribution is 7.99. The molecule has 0 saturated carbocycles. The van der Waals surface area contributed by atoms with Crippen molar-refractivity contribution in [3.63, 3.8) is 0 Å². The van der Waals surface area contributed by atoms with Gasteiger partial charge in [0.05, 0.1) is 0 Å².